The molecule has 1 heterocycles. The average molecular weight is 182 g/mol. The molecule has 1 rings (SSSR count). The van der Waals surface area contributed by atoms with Crippen LogP contribution in [-0.4, -0.2) is 23.0 Å². The summed E-state index contributed by atoms with van der Waals surface area (Å²) in [7, 11) is 0. The SMILES string of the molecule is CCCCN(CC)Cc1cocn1. The van der Waals surface area contributed by atoms with Crippen molar-refractivity contribution >= 4 is 0 Å². The summed E-state index contributed by atoms with van der Waals surface area (Å²) in [6.45, 7) is 7.53. The molecule has 0 aliphatic carbocycles. The molecule has 0 bridgehead atoms. The van der Waals surface area contributed by atoms with Crippen LogP contribution in [0, 0.1) is 0 Å². The molecule has 0 fully saturated rings. The number of hydrogen-bond acceptors (Lipinski definition) is 3. The van der Waals surface area contributed by atoms with Crippen LogP contribution in [0.5, 0.6) is 0 Å². The number of nitrogens with zero attached hydrogens (tertiary/aromatic N) is 2. The second-order valence-corrected chi connectivity index (χ2v) is 3.20. The smallest absolute Gasteiger partial charge is 0.180 e. The fourth-order valence-electron chi connectivity index (χ4n) is 1.28. The Morgan fingerprint density at radius 2 is 2.31 bits per heavy atom. The molecule has 0 amide bonds. The van der Waals surface area contributed by atoms with E-state index in [0.717, 1.165) is 25.3 Å². The number of oxazole rings is 1. The molecule has 3 nitrogen and oxygen atoms in total. The molecule has 13 heavy (non-hydrogen) atoms. The summed E-state index contributed by atoms with van der Waals surface area (Å²) in [5.74, 6) is 0. The van der Waals surface area contributed by atoms with Crippen molar-refractivity contribution in [2.75, 3.05) is 13.1 Å². The van der Waals surface area contributed by atoms with Gasteiger partial charge >= 0.3 is 0 Å². The van der Waals surface area contributed by atoms with Crippen LogP contribution in [0.3, 0.4) is 0 Å². The second-order valence-electron chi connectivity index (χ2n) is 3.20. The van der Waals surface area contributed by atoms with E-state index in [1.54, 1.807) is 6.26 Å². The monoisotopic (exact) mass is 182 g/mol. The third-order valence-corrected chi connectivity index (χ3v) is 2.14. The number of hydrogen-bond donors (Lipinski definition) is 0. The summed E-state index contributed by atoms with van der Waals surface area (Å²) in [6.07, 6.45) is 5.71. The highest BCUT2D eigenvalue weighted by atomic mass is 16.3. The zero-order valence-electron chi connectivity index (χ0n) is 8.49. The first kappa shape index (κ1) is 10.3. The summed E-state index contributed by atoms with van der Waals surface area (Å²) in [5.41, 5.74) is 1.03. The molecule has 0 saturated heterocycles. The van der Waals surface area contributed by atoms with Gasteiger partial charge < -0.3 is 4.42 Å². The Labute approximate surface area is 79.8 Å². The lowest BCUT2D eigenvalue weighted by Gasteiger charge is -2.18. The van der Waals surface area contributed by atoms with Gasteiger partial charge in [-0.3, -0.25) is 4.90 Å². The lowest BCUT2D eigenvalue weighted by molar-refractivity contribution is 0.272. The van der Waals surface area contributed by atoms with Crippen molar-refractivity contribution < 1.29 is 4.42 Å². The normalized spacial score (nSPS) is 11.0. The lowest BCUT2D eigenvalue weighted by atomic mass is 10.3. The Bertz CT molecular complexity index is 209. The zero-order valence-corrected chi connectivity index (χ0v) is 8.49. The summed E-state index contributed by atoms with van der Waals surface area (Å²) in [5, 5.41) is 0. The Morgan fingerprint density at radius 1 is 1.46 bits per heavy atom. The fraction of sp³-hybridized carbons (Fsp3) is 0.700. The van der Waals surface area contributed by atoms with E-state index in [1.165, 1.54) is 19.2 Å². The standard InChI is InChI=1S/C10H18N2O/c1-3-5-6-12(4-2)7-10-8-13-9-11-10/h8-9H,3-7H2,1-2H3. The highest BCUT2D eigenvalue weighted by molar-refractivity contribution is 4.90. The molecular formula is C10H18N2O. The quantitative estimate of drug-likeness (QED) is 0.676. The van der Waals surface area contributed by atoms with E-state index >= 15 is 0 Å². The number of aromatic nitrogens is 1. The largest absolute Gasteiger partial charge is 0.451 e. The topological polar surface area (TPSA) is 29.3 Å². The Morgan fingerprint density at radius 3 is 2.85 bits per heavy atom. The Hall–Kier alpha value is -0.830. The number of unbranched alkanes of at least 4 members (excludes halogenated alkanes) is 1. The van der Waals surface area contributed by atoms with Crippen molar-refractivity contribution in [1.82, 2.24) is 9.88 Å². The predicted octanol–water partition coefficient (Wildman–Crippen LogP) is 2.30. The van der Waals surface area contributed by atoms with Gasteiger partial charge in [0.2, 0.25) is 0 Å². The Balaban J connectivity index is 2.31. The molecular weight excluding hydrogens is 164 g/mol. The average Bonchev–Trinajstić information content (AvgIpc) is 2.64. The van der Waals surface area contributed by atoms with Crippen LogP contribution in [0.2, 0.25) is 0 Å². The third-order valence-electron chi connectivity index (χ3n) is 2.14. The molecule has 0 N–H and O–H groups in total. The molecule has 3 heteroatoms. The first-order valence-electron chi connectivity index (χ1n) is 4.96. The summed E-state index contributed by atoms with van der Waals surface area (Å²) in [4.78, 5) is 6.48. The molecule has 0 atom stereocenters. The fourth-order valence-corrected chi connectivity index (χ4v) is 1.28. The maximum atomic E-state index is 4.93. The second kappa shape index (κ2) is 5.75. The third kappa shape index (κ3) is 3.59. The van der Waals surface area contributed by atoms with E-state index in [2.05, 4.69) is 23.7 Å². The van der Waals surface area contributed by atoms with Crippen LogP contribution in [-0.2, 0) is 6.54 Å². The Kier molecular flexibility index (Phi) is 4.54. The van der Waals surface area contributed by atoms with Gasteiger partial charge in [0.1, 0.15) is 6.26 Å². The molecule has 0 aromatic carbocycles. The van der Waals surface area contributed by atoms with Gasteiger partial charge in [-0.05, 0) is 19.5 Å². The first-order chi connectivity index (χ1) is 6.36. The van der Waals surface area contributed by atoms with Crippen LogP contribution in [0.25, 0.3) is 0 Å². The van der Waals surface area contributed by atoms with Crippen molar-refractivity contribution in [3.8, 4) is 0 Å². The molecule has 0 unspecified atom stereocenters. The lowest BCUT2D eigenvalue weighted by Crippen LogP contribution is -2.24. The van der Waals surface area contributed by atoms with E-state index in [9.17, 15) is 0 Å². The van der Waals surface area contributed by atoms with Gasteiger partial charge in [0.25, 0.3) is 0 Å². The van der Waals surface area contributed by atoms with E-state index in [1.807, 2.05) is 0 Å². The molecule has 0 spiro atoms. The predicted molar refractivity (Wildman–Crippen MR) is 52.4 cm³/mol. The van der Waals surface area contributed by atoms with Gasteiger partial charge in [-0.2, -0.15) is 0 Å². The van der Waals surface area contributed by atoms with E-state index in [0.29, 0.717) is 0 Å². The summed E-state index contributed by atoms with van der Waals surface area (Å²) < 4.78 is 4.93. The molecule has 0 aliphatic heterocycles. The molecule has 0 saturated carbocycles. The minimum atomic E-state index is 0.910. The highest BCUT2D eigenvalue weighted by Gasteiger charge is 2.04. The number of rotatable bonds is 6. The summed E-state index contributed by atoms with van der Waals surface area (Å²) in [6, 6.07) is 0. The minimum absolute atomic E-state index is 0.910. The maximum absolute atomic E-state index is 4.93. The minimum Gasteiger partial charge on any atom is -0.451 e. The molecule has 0 radical (unpaired) electrons. The maximum Gasteiger partial charge on any atom is 0.180 e. The van der Waals surface area contributed by atoms with Gasteiger partial charge in [0.05, 0.1) is 5.69 Å². The van der Waals surface area contributed by atoms with Crippen LogP contribution >= 0.6 is 0 Å². The van der Waals surface area contributed by atoms with Crippen LogP contribution < -0.4 is 0 Å². The van der Waals surface area contributed by atoms with Crippen molar-refractivity contribution in [3.63, 3.8) is 0 Å². The molecule has 74 valence electrons. The van der Waals surface area contributed by atoms with Crippen LogP contribution in [0.4, 0.5) is 0 Å². The molecule has 0 aliphatic rings. The molecule has 1 aromatic heterocycles. The van der Waals surface area contributed by atoms with Crippen molar-refractivity contribution in [2.45, 2.75) is 33.2 Å². The van der Waals surface area contributed by atoms with Crippen molar-refractivity contribution in [2.24, 2.45) is 0 Å². The van der Waals surface area contributed by atoms with Crippen LogP contribution in [0.15, 0.2) is 17.1 Å². The van der Waals surface area contributed by atoms with Gasteiger partial charge in [-0.15, -0.1) is 0 Å². The van der Waals surface area contributed by atoms with E-state index in [4.69, 9.17) is 4.42 Å². The van der Waals surface area contributed by atoms with Crippen LogP contribution in [0.1, 0.15) is 32.4 Å². The van der Waals surface area contributed by atoms with Gasteiger partial charge in [0.15, 0.2) is 6.39 Å². The van der Waals surface area contributed by atoms with Crippen molar-refractivity contribution in [1.29, 1.82) is 0 Å². The van der Waals surface area contributed by atoms with Crippen molar-refractivity contribution in [3.05, 3.63) is 18.4 Å². The summed E-state index contributed by atoms with van der Waals surface area (Å²) >= 11 is 0. The van der Waals surface area contributed by atoms with Gasteiger partial charge in [-0.1, -0.05) is 20.3 Å². The highest BCUT2D eigenvalue weighted by Crippen LogP contribution is 2.02. The molecule has 1 aromatic rings. The first-order valence-corrected chi connectivity index (χ1v) is 4.96. The van der Waals surface area contributed by atoms with Gasteiger partial charge in [0, 0.05) is 6.54 Å². The zero-order chi connectivity index (χ0) is 9.52. The van der Waals surface area contributed by atoms with E-state index < -0.39 is 0 Å². The van der Waals surface area contributed by atoms with Gasteiger partial charge in [-0.25, -0.2) is 4.98 Å². The van der Waals surface area contributed by atoms with E-state index in [-0.39, 0.29) is 0 Å².